The smallest absolute Gasteiger partial charge is 0.261 e. The summed E-state index contributed by atoms with van der Waals surface area (Å²) in [4.78, 5) is 0.0561. The summed E-state index contributed by atoms with van der Waals surface area (Å²) in [5.74, 6) is 0. The molecule has 2 rings (SSSR count). The van der Waals surface area contributed by atoms with Crippen LogP contribution in [0.2, 0.25) is 10.0 Å². The van der Waals surface area contributed by atoms with Crippen LogP contribution < -0.4 is 4.72 Å². The van der Waals surface area contributed by atoms with Gasteiger partial charge in [0.25, 0.3) is 10.0 Å². The van der Waals surface area contributed by atoms with Gasteiger partial charge in [-0.2, -0.15) is 0 Å². The van der Waals surface area contributed by atoms with Crippen molar-refractivity contribution in [3.8, 4) is 0 Å². The van der Waals surface area contributed by atoms with Crippen LogP contribution in [0.1, 0.15) is 5.56 Å². The average molecular weight is 315 g/mol. The molecule has 0 saturated heterocycles. The summed E-state index contributed by atoms with van der Waals surface area (Å²) in [6, 6.07) is 10.8. The molecule has 0 aliphatic carbocycles. The molecule has 0 spiro atoms. The zero-order valence-electron chi connectivity index (χ0n) is 9.73. The lowest BCUT2D eigenvalue weighted by Gasteiger charge is -2.09. The van der Waals surface area contributed by atoms with E-state index in [0.29, 0.717) is 10.7 Å². The number of rotatable bonds is 3. The van der Waals surface area contributed by atoms with Crippen LogP contribution in [0.25, 0.3) is 0 Å². The predicted octanol–water partition coefficient (Wildman–Crippen LogP) is 3.98. The predicted molar refractivity (Wildman–Crippen MR) is 78.2 cm³/mol. The molecule has 0 aromatic heterocycles. The zero-order valence-corrected chi connectivity index (χ0v) is 12.1. The molecule has 0 amide bonds. The Hall–Kier alpha value is -1.23. The standard InChI is InChI=1S/C13H10Cl2NO2S/c1-9-2-4-10(5-3-9)16-19(17,18)11-6-7-12(14)13(15)8-11/h2-8,16H,1H2. The van der Waals surface area contributed by atoms with E-state index in [1.54, 1.807) is 24.3 Å². The van der Waals surface area contributed by atoms with Gasteiger partial charge in [0, 0.05) is 5.69 Å². The Labute approximate surface area is 122 Å². The van der Waals surface area contributed by atoms with Gasteiger partial charge in [-0.3, -0.25) is 4.72 Å². The van der Waals surface area contributed by atoms with Crippen molar-refractivity contribution in [2.75, 3.05) is 4.72 Å². The third-order valence-electron chi connectivity index (χ3n) is 2.41. The molecule has 3 nitrogen and oxygen atoms in total. The molecule has 19 heavy (non-hydrogen) atoms. The fourth-order valence-electron chi connectivity index (χ4n) is 1.43. The summed E-state index contributed by atoms with van der Waals surface area (Å²) in [7, 11) is -3.68. The van der Waals surface area contributed by atoms with Crippen LogP contribution in [0.15, 0.2) is 47.4 Å². The summed E-state index contributed by atoms with van der Waals surface area (Å²) in [6.07, 6.45) is 0. The third-order valence-corrected chi connectivity index (χ3v) is 4.53. The Balaban J connectivity index is 2.32. The molecular weight excluding hydrogens is 305 g/mol. The highest BCUT2D eigenvalue weighted by Crippen LogP contribution is 2.26. The van der Waals surface area contributed by atoms with E-state index in [2.05, 4.69) is 11.6 Å². The number of sulfonamides is 1. The van der Waals surface area contributed by atoms with Crippen LogP contribution in [0.5, 0.6) is 0 Å². The first kappa shape index (κ1) is 14.2. The van der Waals surface area contributed by atoms with Crippen molar-refractivity contribution in [3.63, 3.8) is 0 Å². The van der Waals surface area contributed by atoms with Crippen LogP contribution in [-0.4, -0.2) is 8.42 Å². The first-order valence-electron chi connectivity index (χ1n) is 5.28. The number of benzene rings is 2. The molecule has 0 aliphatic rings. The van der Waals surface area contributed by atoms with Crippen molar-refractivity contribution in [3.05, 3.63) is 65.0 Å². The fraction of sp³-hybridized carbons (Fsp3) is 0. The summed E-state index contributed by atoms with van der Waals surface area (Å²) in [5, 5.41) is 0.500. The van der Waals surface area contributed by atoms with Gasteiger partial charge in [-0.15, -0.1) is 0 Å². The molecular formula is C13H10Cl2NO2S. The van der Waals surface area contributed by atoms with Gasteiger partial charge < -0.3 is 0 Å². The molecule has 0 aliphatic heterocycles. The molecule has 1 radical (unpaired) electrons. The molecule has 2 aromatic carbocycles. The van der Waals surface area contributed by atoms with E-state index in [0.717, 1.165) is 5.56 Å². The van der Waals surface area contributed by atoms with Crippen molar-refractivity contribution in [1.82, 2.24) is 0 Å². The van der Waals surface area contributed by atoms with E-state index in [1.165, 1.54) is 18.2 Å². The van der Waals surface area contributed by atoms with Crippen LogP contribution in [0.3, 0.4) is 0 Å². The molecule has 6 heteroatoms. The number of anilines is 1. The Morgan fingerprint density at radius 2 is 1.58 bits per heavy atom. The molecule has 99 valence electrons. The van der Waals surface area contributed by atoms with Crippen LogP contribution >= 0.6 is 23.2 Å². The van der Waals surface area contributed by atoms with Crippen LogP contribution in [-0.2, 0) is 10.0 Å². The molecule has 0 bridgehead atoms. The highest BCUT2D eigenvalue weighted by atomic mass is 35.5. The van der Waals surface area contributed by atoms with Crippen molar-refractivity contribution in [1.29, 1.82) is 0 Å². The van der Waals surface area contributed by atoms with E-state index in [9.17, 15) is 8.42 Å². The number of hydrogen-bond acceptors (Lipinski definition) is 2. The maximum atomic E-state index is 12.1. The Kier molecular flexibility index (Phi) is 4.04. The SMILES string of the molecule is [CH2]c1ccc(NS(=O)(=O)c2ccc(Cl)c(Cl)c2)cc1. The van der Waals surface area contributed by atoms with Gasteiger partial charge in [0.1, 0.15) is 0 Å². The van der Waals surface area contributed by atoms with E-state index in [-0.39, 0.29) is 9.92 Å². The van der Waals surface area contributed by atoms with E-state index >= 15 is 0 Å². The minimum atomic E-state index is -3.68. The minimum Gasteiger partial charge on any atom is -0.280 e. The van der Waals surface area contributed by atoms with Crippen molar-refractivity contribution >= 4 is 38.9 Å². The van der Waals surface area contributed by atoms with Crippen LogP contribution in [0.4, 0.5) is 5.69 Å². The number of nitrogens with one attached hydrogen (secondary N) is 1. The van der Waals surface area contributed by atoms with Gasteiger partial charge in [-0.1, -0.05) is 35.3 Å². The second-order valence-corrected chi connectivity index (χ2v) is 6.38. The van der Waals surface area contributed by atoms with Crippen molar-refractivity contribution in [2.45, 2.75) is 4.90 Å². The molecule has 0 atom stereocenters. The second-order valence-electron chi connectivity index (χ2n) is 3.88. The lowest BCUT2D eigenvalue weighted by Crippen LogP contribution is -2.12. The summed E-state index contributed by atoms with van der Waals surface area (Å²) >= 11 is 11.6. The molecule has 0 fully saturated rings. The van der Waals surface area contributed by atoms with Gasteiger partial charge in [0.05, 0.1) is 14.9 Å². The van der Waals surface area contributed by atoms with Gasteiger partial charge >= 0.3 is 0 Å². The maximum Gasteiger partial charge on any atom is 0.261 e. The monoisotopic (exact) mass is 314 g/mol. The minimum absolute atomic E-state index is 0.0561. The van der Waals surface area contributed by atoms with Gasteiger partial charge in [-0.05, 0) is 42.8 Å². The summed E-state index contributed by atoms with van der Waals surface area (Å²) < 4.78 is 26.7. The van der Waals surface area contributed by atoms with Gasteiger partial charge in [0.15, 0.2) is 0 Å². The maximum absolute atomic E-state index is 12.1. The zero-order chi connectivity index (χ0) is 14.0. The van der Waals surface area contributed by atoms with Crippen molar-refractivity contribution < 1.29 is 8.42 Å². The van der Waals surface area contributed by atoms with Gasteiger partial charge in [-0.25, -0.2) is 8.42 Å². The number of hydrogen-bond donors (Lipinski definition) is 1. The van der Waals surface area contributed by atoms with Crippen LogP contribution in [0, 0.1) is 6.92 Å². The van der Waals surface area contributed by atoms with E-state index < -0.39 is 10.0 Å². The van der Waals surface area contributed by atoms with Gasteiger partial charge in [0.2, 0.25) is 0 Å². The molecule has 2 aromatic rings. The third kappa shape index (κ3) is 3.41. The highest BCUT2D eigenvalue weighted by Gasteiger charge is 2.15. The molecule has 0 heterocycles. The summed E-state index contributed by atoms with van der Waals surface area (Å²) in [5.41, 5.74) is 1.26. The first-order chi connectivity index (χ1) is 8.88. The lowest BCUT2D eigenvalue weighted by molar-refractivity contribution is 0.601. The summed E-state index contributed by atoms with van der Waals surface area (Å²) in [6.45, 7) is 3.73. The Morgan fingerprint density at radius 1 is 0.947 bits per heavy atom. The largest absolute Gasteiger partial charge is 0.280 e. The quantitative estimate of drug-likeness (QED) is 0.931. The fourth-order valence-corrected chi connectivity index (χ4v) is 2.88. The van der Waals surface area contributed by atoms with Crippen molar-refractivity contribution in [2.24, 2.45) is 0 Å². The Bertz CT molecular complexity index is 697. The van der Waals surface area contributed by atoms with E-state index in [1.807, 2.05) is 0 Å². The highest BCUT2D eigenvalue weighted by molar-refractivity contribution is 7.92. The normalized spacial score (nSPS) is 11.3. The second kappa shape index (κ2) is 5.41. The number of halogens is 2. The van der Waals surface area contributed by atoms with E-state index in [4.69, 9.17) is 23.2 Å². The topological polar surface area (TPSA) is 46.2 Å². The lowest BCUT2D eigenvalue weighted by atomic mass is 10.2. The Morgan fingerprint density at radius 3 is 2.16 bits per heavy atom. The molecule has 0 saturated carbocycles. The molecule has 1 N–H and O–H groups in total. The molecule has 0 unspecified atom stereocenters. The average Bonchev–Trinajstić information content (AvgIpc) is 2.35. The first-order valence-corrected chi connectivity index (χ1v) is 7.52.